The molecule has 8 nitrogen and oxygen atoms in total. The summed E-state index contributed by atoms with van der Waals surface area (Å²) in [5.74, 6) is 0.0607. The highest BCUT2D eigenvalue weighted by Gasteiger charge is 2.30. The second-order valence-electron chi connectivity index (χ2n) is 9.11. The number of anilines is 1. The summed E-state index contributed by atoms with van der Waals surface area (Å²) >= 11 is 6.19. The third kappa shape index (κ3) is 8.73. The lowest BCUT2D eigenvalue weighted by Gasteiger charge is -2.31. The predicted molar refractivity (Wildman–Crippen MR) is 154 cm³/mol. The Labute approximate surface area is 235 Å². The Morgan fingerprint density at radius 1 is 0.974 bits per heavy atom. The average molecular weight is 572 g/mol. The van der Waals surface area contributed by atoms with Crippen molar-refractivity contribution in [1.82, 2.24) is 10.2 Å². The van der Waals surface area contributed by atoms with Gasteiger partial charge in [0, 0.05) is 38.0 Å². The van der Waals surface area contributed by atoms with Crippen LogP contribution in [0.4, 0.5) is 5.69 Å². The molecule has 3 aromatic carbocycles. The van der Waals surface area contributed by atoms with Crippen molar-refractivity contribution in [3.05, 3.63) is 95.0 Å². The maximum absolute atomic E-state index is 13.7. The van der Waals surface area contributed by atoms with Crippen molar-refractivity contribution in [2.45, 2.75) is 31.8 Å². The summed E-state index contributed by atoms with van der Waals surface area (Å²) in [6.07, 6.45) is 1.76. The largest absolute Gasteiger partial charge is 0.497 e. The Balaban J connectivity index is 1.83. The average Bonchev–Trinajstić information content (AvgIpc) is 2.92. The highest BCUT2D eigenvalue weighted by atomic mass is 35.5. The Kier molecular flexibility index (Phi) is 10.8. The van der Waals surface area contributed by atoms with Crippen molar-refractivity contribution in [1.29, 1.82) is 0 Å². The van der Waals surface area contributed by atoms with Gasteiger partial charge in [-0.15, -0.1) is 0 Å². The van der Waals surface area contributed by atoms with Gasteiger partial charge in [0.25, 0.3) is 0 Å². The summed E-state index contributed by atoms with van der Waals surface area (Å²) in [6, 6.07) is 22.6. The molecular formula is C29H34ClN3O5S. The number of nitrogens with one attached hydrogen (secondary N) is 1. The molecular weight excluding hydrogens is 538 g/mol. The topological polar surface area (TPSA) is 96.0 Å². The third-order valence-corrected chi connectivity index (χ3v) is 7.70. The molecule has 0 aliphatic carbocycles. The van der Waals surface area contributed by atoms with Gasteiger partial charge in [0.2, 0.25) is 21.8 Å². The van der Waals surface area contributed by atoms with Crippen molar-refractivity contribution >= 4 is 39.1 Å². The molecule has 0 radical (unpaired) electrons. The summed E-state index contributed by atoms with van der Waals surface area (Å²) in [7, 11) is -0.516. The van der Waals surface area contributed by atoms with Crippen molar-refractivity contribution < 1.29 is 22.7 Å². The highest BCUT2D eigenvalue weighted by Crippen LogP contribution is 2.23. The quantitative estimate of drug-likeness (QED) is 0.330. The van der Waals surface area contributed by atoms with E-state index in [1.807, 2.05) is 36.4 Å². The second-order valence-corrected chi connectivity index (χ2v) is 11.5. The number of likely N-dealkylation sites (N-methyl/N-ethyl adjacent to an activating group) is 1. The number of nitrogens with zero attached hydrogens (tertiary/aromatic N) is 2. The summed E-state index contributed by atoms with van der Waals surface area (Å²) in [4.78, 5) is 28.3. The van der Waals surface area contributed by atoms with E-state index in [0.717, 1.165) is 17.4 Å². The van der Waals surface area contributed by atoms with Crippen LogP contribution in [-0.2, 0) is 32.6 Å². The number of methoxy groups -OCH3 is 1. The van der Waals surface area contributed by atoms with Crippen LogP contribution in [0.1, 0.15) is 24.0 Å². The minimum absolute atomic E-state index is 0.0467. The number of hydrogen-bond donors (Lipinski definition) is 1. The number of ether oxygens (including phenoxy) is 1. The number of rotatable bonds is 13. The molecule has 39 heavy (non-hydrogen) atoms. The number of hydrogen-bond acceptors (Lipinski definition) is 5. The minimum Gasteiger partial charge on any atom is -0.497 e. The number of sulfonamides is 1. The molecule has 0 aliphatic rings. The zero-order chi connectivity index (χ0) is 28.4. The number of carbonyl (C=O) groups excluding carboxylic acids is 2. The summed E-state index contributed by atoms with van der Waals surface area (Å²) in [5.41, 5.74) is 2.18. The van der Waals surface area contributed by atoms with Crippen LogP contribution in [0.3, 0.4) is 0 Å². The van der Waals surface area contributed by atoms with E-state index in [1.165, 1.54) is 11.4 Å². The van der Waals surface area contributed by atoms with Gasteiger partial charge in [0.1, 0.15) is 11.8 Å². The van der Waals surface area contributed by atoms with Crippen LogP contribution >= 0.6 is 11.6 Å². The molecule has 0 unspecified atom stereocenters. The highest BCUT2D eigenvalue weighted by molar-refractivity contribution is 7.92. The molecule has 208 valence electrons. The van der Waals surface area contributed by atoms with E-state index in [4.69, 9.17) is 16.3 Å². The molecule has 0 aliphatic heterocycles. The Morgan fingerprint density at radius 3 is 2.23 bits per heavy atom. The van der Waals surface area contributed by atoms with Crippen LogP contribution in [0, 0.1) is 0 Å². The molecule has 0 saturated heterocycles. The first kappa shape index (κ1) is 30.0. The van der Waals surface area contributed by atoms with E-state index in [1.54, 1.807) is 54.4 Å². The van der Waals surface area contributed by atoms with E-state index in [0.29, 0.717) is 22.9 Å². The van der Waals surface area contributed by atoms with E-state index < -0.39 is 16.1 Å². The molecule has 0 spiro atoms. The van der Waals surface area contributed by atoms with Gasteiger partial charge < -0.3 is 15.0 Å². The van der Waals surface area contributed by atoms with Crippen molar-refractivity contribution in [3.63, 3.8) is 0 Å². The molecule has 2 amide bonds. The number of amides is 2. The summed E-state index contributed by atoms with van der Waals surface area (Å²) in [5, 5.41) is 3.22. The van der Waals surface area contributed by atoms with Gasteiger partial charge in [0.05, 0.1) is 19.1 Å². The lowest BCUT2D eigenvalue weighted by Crippen LogP contribution is -2.49. The van der Waals surface area contributed by atoms with Crippen LogP contribution in [0.5, 0.6) is 5.75 Å². The molecule has 0 saturated carbocycles. The molecule has 0 aromatic heterocycles. The Bertz CT molecular complexity index is 1350. The maximum Gasteiger partial charge on any atom is 0.242 e. The van der Waals surface area contributed by atoms with Crippen LogP contribution < -0.4 is 14.4 Å². The van der Waals surface area contributed by atoms with Gasteiger partial charge in [-0.2, -0.15) is 0 Å². The summed E-state index contributed by atoms with van der Waals surface area (Å²) < 4.78 is 31.5. The van der Waals surface area contributed by atoms with Gasteiger partial charge in [-0.1, -0.05) is 54.1 Å². The predicted octanol–water partition coefficient (Wildman–Crippen LogP) is 4.28. The van der Waals surface area contributed by atoms with Crippen LogP contribution in [0.25, 0.3) is 0 Å². The fraction of sp³-hybridized carbons (Fsp3) is 0.310. The van der Waals surface area contributed by atoms with Crippen molar-refractivity contribution in [2.75, 3.05) is 31.3 Å². The zero-order valence-corrected chi connectivity index (χ0v) is 23.9. The second kappa shape index (κ2) is 14.0. The first-order valence-corrected chi connectivity index (χ1v) is 14.8. The smallest absolute Gasteiger partial charge is 0.242 e. The van der Waals surface area contributed by atoms with E-state index >= 15 is 0 Å². The van der Waals surface area contributed by atoms with Crippen molar-refractivity contribution in [2.24, 2.45) is 0 Å². The molecule has 0 heterocycles. The fourth-order valence-corrected chi connectivity index (χ4v) is 5.48. The fourth-order valence-electron chi connectivity index (χ4n) is 4.30. The Morgan fingerprint density at radius 2 is 1.64 bits per heavy atom. The van der Waals surface area contributed by atoms with Gasteiger partial charge in [0.15, 0.2) is 0 Å². The first-order valence-electron chi connectivity index (χ1n) is 12.5. The molecule has 1 atom stereocenters. The van der Waals surface area contributed by atoms with Crippen LogP contribution in [-0.4, -0.2) is 58.1 Å². The molecule has 0 bridgehead atoms. The summed E-state index contributed by atoms with van der Waals surface area (Å²) in [6.45, 7) is 0.282. The molecule has 3 rings (SSSR count). The van der Waals surface area contributed by atoms with E-state index in [9.17, 15) is 18.0 Å². The molecule has 10 heteroatoms. The lowest BCUT2D eigenvalue weighted by molar-refractivity contribution is -0.141. The molecule has 0 fully saturated rings. The monoisotopic (exact) mass is 571 g/mol. The normalized spacial score (nSPS) is 11.9. The van der Waals surface area contributed by atoms with E-state index in [-0.39, 0.29) is 37.7 Å². The standard InChI is InChI=1S/C29H34ClN3O5S/c1-31-29(35)27(20-22-9-5-4-6-10-22)32(21-23-11-7-12-24(30)19-23)28(34)13-8-18-33(39(3,36)37)25-14-16-26(38-2)17-15-25/h4-7,9-12,14-17,19,27H,8,13,18,20-21H2,1-3H3,(H,31,35)/t27-/m1/s1. The zero-order valence-electron chi connectivity index (χ0n) is 22.3. The van der Waals surface area contributed by atoms with Gasteiger partial charge >= 0.3 is 0 Å². The lowest BCUT2D eigenvalue weighted by atomic mass is 10.0. The van der Waals surface area contributed by atoms with Crippen molar-refractivity contribution in [3.8, 4) is 5.75 Å². The SMILES string of the molecule is CNC(=O)[C@@H](Cc1ccccc1)N(Cc1cccc(Cl)c1)C(=O)CCCN(c1ccc(OC)cc1)S(C)(=O)=O. The van der Waals surface area contributed by atoms with E-state index in [2.05, 4.69) is 5.32 Å². The minimum atomic E-state index is -3.59. The number of halogens is 1. The third-order valence-electron chi connectivity index (χ3n) is 6.27. The molecule has 1 N–H and O–H groups in total. The number of carbonyl (C=O) groups is 2. The first-order chi connectivity index (χ1) is 18.6. The van der Waals surface area contributed by atoms with Gasteiger partial charge in [-0.05, 0) is 53.9 Å². The Hall–Kier alpha value is -3.56. The van der Waals surface area contributed by atoms with Crippen LogP contribution in [0.2, 0.25) is 5.02 Å². The van der Waals surface area contributed by atoms with Gasteiger partial charge in [-0.25, -0.2) is 8.42 Å². The van der Waals surface area contributed by atoms with Gasteiger partial charge in [-0.3, -0.25) is 13.9 Å². The maximum atomic E-state index is 13.7. The number of benzene rings is 3. The molecule has 3 aromatic rings. The van der Waals surface area contributed by atoms with Crippen LogP contribution in [0.15, 0.2) is 78.9 Å².